The van der Waals surface area contributed by atoms with E-state index >= 15 is 0 Å². The van der Waals surface area contributed by atoms with Gasteiger partial charge in [-0.1, -0.05) is 54.6 Å². The molecule has 0 spiro atoms. The second kappa shape index (κ2) is 9.45. The Balaban J connectivity index is 1.60. The average molecular weight is 443 g/mol. The van der Waals surface area contributed by atoms with Gasteiger partial charge in [-0.2, -0.15) is 0 Å². The Morgan fingerprint density at radius 3 is 2.52 bits per heavy atom. The average Bonchev–Trinajstić information content (AvgIpc) is 3.25. The minimum atomic E-state index is -0.684. The predicted molar refractivity (Wildman–Crippen MR) is 130 cm³/mol. The van der Waals surface area contributed by atoms with Crippen molar-refractivity contribution in [1.82, 2.24) is 15.2 Å². The molecule has 6 nitrogen and oxygen atoms in total. The lowest BCUT2D eigenvalue weighted by Gasteiger charge is -2.29. The lowest BCUT2D eigenvalue weighted by Crippen LogP contribution is -2.47. The van der Waals surface area contributed by atoms with Crippen LogP contribution in [0.4, 0.5) is 5.82 Å². The van der Waals surface area contributed by atoms with Crippen molar-refractivity contribution in [2.75, 3.05) is 18.8 Å². The number of hydrogen-bond donors (Lipinski definition) is 2. The fourth-order valence-corrected chi connectivity index (χ4v) is 4.47. The number of pyridine rings is 1. The van der Waals surface area contributed by atoms with Crippen molar-refractivity contribution >= 4 is 17.6 Å². The van der Waals surface area contributed by atoms with E-state index in [1.54, 1.807) is 17.0 Å². The highest BCUT2D eigenvalue weighted by Crippen LogP contribution is 2.36. The normalized spacial score (nSPS) is 17.8. The van der Waals surface area contributed by atoms with Gasteiger partial charge in [0.05, 0.1) is 11.0 Å². The van der Waals surface area contributed by atoms with E-state index in [0.717, 1.165) is 16.7 Å². The van der Waals surface area contributed by atoms with Crippen molar-refractivity contribution in [3.05, 3.63) is 84.1 Å². The van der Waals surface area contributed by atoms with Crippen LogP contribution in [0.15, 0.2) is 72.9 Å². The molecule has 0 bridgehead atoms. The molecule has 1 aromatic heterocycles. The molecule has 0 saturated carbocycles. The van der Waals surface area contributed by atoms with Crippen molar-refractivity contribution in [2.45, 2.75) is 32.7 Å². The van der Waals surface area contributed by atoms with E-state index in [4.69, 9.17) is 5.73 Å². The summed E-state index contributed by atoms with van der Waals surface area (Å²) in [6.45, 7) is 4.80. The van der Waals surface area contributed by atoms with Crippen LogP contribution >= 0.6 is 0 Å². The Morgan fingerprint density at radius 2 is 1.82 bits per heavy atom. The summed E-state index contributed by atoms with van der Waals surface area (Å²) >= 11 is 0. The topological polar surface area (TPSA) is 88.3 Å². The van der Waals surface area contributed by atoms with Crippen molar-refractivity contribution in [1.29, 1.82) is 0 Å². The van der Waals surface area contributed by atoms with Gasteiger partial charge in [0.1, 0.15) is 5.82 Å². The van der Waals surface area contributed by atoms with E-state index in [-0.39, 0.29) is 17.9 Å². The summed E-state index contributed by atoms with van der Waals surface area (Å²) in [5.41, 5.74) is 8.80. The molecule has 2 amide bonds. The molecule has 1 aliphatic heterocycles. The summed E-state index contributed by atoms with van der Waals surface area (Å²) in [5.74, 6) is 0.241. The first-order valence-corrected chi connectivity index (χ1v) is 11.3. The second-order valence-corrected chi connectivity index (χ2v) is 9.10. The third-order valence-electron chi connectivity index (χ3n) is 6.15. The number of carbonyl (C=O) groups excluding carboxylic acids is 2. The van der Waals surface area contributed by atoms with Crippen molar-refractivity contribution in [2.24, 2.45) is 5.41 Å². The third kappa shape index (κ3) is 5.06. The monoisotopic (exact) mass is 442 g/mol. The largest absolute Gasteiger partial charge is 0.384 e. The number of nitrogens with two attached hydrogens (primary N) is 1. The fraction of sp³-hybridized carbons (Fsp3) is 0.296. The molecule has 1 saturated heterocycles. The number of nitrogens with zero attached hydrogens (tertiary/aromatic N) is 2. The molecule has 3 N–H and O–H groups in total. The van der Waals surface area contributed by atoms with Crippen LogP contribution in [0.2, 0.25) is 0 Å². The Bertz CT molecular complexity index is 1130. The second-order valence-electron chi connectivity index (χ2n) is 9.10. The number of nitrogens with one attached hydrogen (secondary N) is 1. The molecular weight excluding hydrogens is 412 g/mol. The van der Waals surface area contributed by atoms with Crippen LogP contribution in [0.25, 0.3) is 11.1 Å². The van der Waals surface area contributed by atoms with Gasteiger partial charge in [-0.3, -0.25) is 9.59 Å². The fourth-order valence-electron chi connectivity index (χ4n) is 4.47. The van der Waals surface area contributed by atoms with Crippen LogP contribution in [0.3, 0.4) is 0 Å². The van der Waals surface area contributed by atoms with Crippen LogP contribution in [-0.4, -0.2) is 40.8 Å². The molecule has 1 atom stereocenters. The maximum Gasteiger partial charge on any atom is 0.255 e. The van der Waals surface area contributed by atoms with E-state index in [9.17, 15) is 9.59 Å². The van der Waals surface area contributed by atoms with E-state index < -0.39 is 5.41 Å². The van der Waals surface area contributed by atoms with Gasteiger partial charge < -0.3 is 16.0 Å². The molecule has 3 aromatic rings. The van der Waals surface area contributed by atoms with E-state index in [1.807, 2.05) is 38.1 Å². The Morgan fingerprint density at radius 1 is 1.06 bits per heavy atom. The molecule has 2 heterocycles. The first kappa shape index (κ1) is 22.5. The highest BCUT2D eigenvalue weighted by molar-refractivity contribution is 5.95. The van der Waals surface area contributed by atoms with Crippen LogP contribution in [-0.2, 0) is 11.2 Å². The van der Waals surface area contributed by atoms with Gasteiger partial charge in [-0.05, 0) is 55.5 Å². The zero-order valence-electron chi connectivity index (χ0n) is 19.1. The summed E-state index contributed by atoms with van der Waals surface area (Å²) in [5, 5.41) is 3.09. The molecule has 6 heteroatoms. The highest BCUT2D eigenvalue weighted by atomic mass is 16.2. The first-order chi connectivity index (χ1) is 15.9. The number of likely N-dealkylation sites (tertiary alicyclic amines) is 1. The zero-order chi connectivity index (χ0) is 23.4. The number of carbonyl (C=O) groups is 2. The van der Waals surface area contributed by atoms with Gasteiger partial charge >= 0.3 is 0 Å². The van der Waals surface area contributed by atoms with Gasteiger partial charge in [0, 0.05) is 25.3 Å². The molecular formula is C27H30N4O2. The number of hydrogen-bond acceptors (Lipinski definition) is 4. The molecule has 0 radical (unpaired) electrons. The molecule has 1 aliphatic rings. The van der Waals surface area contributed by atoms with Crippen molar-refractivity contribution < 1.29 is 9.59 Å². The Kier molecular flexibility index (Phi) is 6.45. The van der Waals surface area contributed by atoms with Crippen molar-refractivity contribution in [3.8, 4) is 11.1 Å². The standard InChI is InChI=1S/C27H30N4O2/c1-19(2)30-26(33)27(13-14-31(18-27)25(32)23-11-12-24(28)29-17-23)16-20-7-6-10-22(15-20)21-8-4-3-5-9-21/h3-12,15,17,19H,13-14,16,18H2,1-2H3,(H2,28,29)(H,30,33)/t27-/m0/s1. The predicted octanol–water partition coefficient (Wildman–Crippen LogP) is 3.93. The van der Waals surface area contributed by atoms with Crippen LogP contribution in [0.1, 0.15) is 36.2 Å². The summed E-state index contributed by atoms with van der Waals surface area (Å²) in [4.78, 5) is 32.3. The quantitative estimate of drug-likeness (QED) is 0.605. The number of benzene rings is 2. The third-order valence-corrected chi connectivity index (χ3v) is 6.15. The SMILES string of the molecule is CC(C)NC(=O)[C@]1(Cc2cccc(-c3ccccc3)c2)CCN(C(=O)c2ccc(N)nc2)C1. The van der Waals surface area contributed by atoms with Crippen molar-refractivity contribution in [3.63, 3.8) is 0 Å². The molecule has 1 fully saturated rings. The number of rotatable bonds is 6. The Labute approximate surface area is 194 Å². The minimum Gasteiger partial charge on any atom is -0.384 e. The number of nitrogen functional groups attached to an aromatic ring is 1. The number of aromatic nitrogens is 1. The van der Waals surface area contributed by atoms with Gasteiger partial charge in [-0.25, -0.2) is 4.98 Å². The Hall–Kier alpha value is -3.67. The molecule has 0 aliphatic carbocycles. The summed E-state index contributed by atoms with van der Waals surface area (Å²) in [6.07, 6.45) is 2.67. The van der Waals surface area contributed by atoms with Gasteiger partial charge in [0.15, 0.2) is 0 Å². The highest BCUT2D eigenvalue weighted by Gasteiger charge is 2.46. The first-order valence-electron chi connectivity index (χ1n) is 11.3. The van der Waals surface area contributed by atoms with E-state index in [2.05, 4.69) is 40.6 Å². The van der Waals surface area contributed by atoms with E-state index in [0.29, 0.717) is 37.3 Å². The lowest BCUT2D eigenvalue weighted by molar-refractivity contribution is -0.130. The van der Waals surface area contributed by atoms with Crippen LogP contribution in [0, 0.1) is 5.41 Å². The van der Waals surface area contributed by atoms with Crippen LogP contribution < -0.4 is 11.1 Å². The summed E-state index contributed by atoms with van der Waals surface area (Å²) < 4.78 is 0. The van der Waals surface area contributed by atoms with E-state index in [1.165, 1.54) is 6.20 Å². The smallest absolute Gasteiger partial charge is 0.255 e. The zero-order valence-corrected chi connectivity index (χ0v) is 19.1. The van der Waals surface area contributed by atoms with Gasteiger partial charge in [0.2, 0.25) is 5.91 Å². The summed E-state index contributed by atoms with van der Waals surface area (Å²) in [6, 6.07) is 21.8. The maximum absolute atomic E-state index is 13.4. The maximum atomic E-state index is 13.4. The van der Waals surface area contributed by atoms with Gasteiger partial charge in [-0.15, -0.1) is 0 Å². The molecule has 0 unspecified atom stereocenters. The number of amides is 2. The number of anilines is 1. The lowest BCUT2D eigenvalue weighted by atomic mass is 9.79. The van der Waals surface area contributed by atoms with Crippen LogP contribution in [0.5, 0.6) is 0 Å². The molecule has 170 valence electrons. The summed E-state index contributed by atoms with van der Waals surface area (Å²) in [7, 11) is 0. The minimum absolute atomic E-state index is 0.00616. The molecule has 33 heavy (non-hydrogen) atoms. The molecule has 2 aromatic carbocycles. The molecule has 4 rings (SSSR count). The van der Waals surface area contributed by atoms with Gasteiger partial charge in [0.25, 0.3) is 5.91 Å².